The Balaban J connectivity index is 1.88. The first-order valence-electron chi connectivity index (χ1n) is 8.30. The lowest BCUT2D eigenvalue weighted by atomic mass is 10.2. The van der Waals surface area contributed by atoms with E-state index in [0.717, 1.165) is 21.3 Å². The van der Waals surface area contributed by atoms with Crippen LogP contribution in [-0.2, 0) is 6.54 Å². The summed E-state index contributed by atoms with van der Waals surface area (Å²) >= 11 is 3.56. The van der Waals surface area contributed by atoms with Crippen LogP contribution in [0.4, 0.5) is 11.8 Å². The van der Waals surface area contributed by atoms with Crippen molar-refractivity contribution in [2.75, 3.05) is 17.2 Å². The molecule has 0 bridgehead atoms. The molecular formula is C19H20BrN5O. The van der Waals surface area contributed by atoms with Crippen LogP contribution < -0.4 is 10.6 Å². The van der Waals surface area contributed by atoms with Crippen LogP contribution in [0.5, 0.6) is 0 Å². The van der Waals surface area contributed by atoms with Gasteiger partial charge in [-0.15, -0.1) is 0 Å². The van der Waals surface area contributed by atoms with Crippen molar-refractivity contribution in [1.82, 2.24) is 15.0 Å². The van der Waals surface area contributed by atoms with Crippen LogP contribution in [0.15, 0.2) is 59.3 Å². The summed E-state index contributed by atoms with van der Waals surface area (Å²) in [5, 5.41) is 15.7. The number of aliphatic hydroxyl groups excluding tert-OH is 1. The van der Waals surface area contributed by atoms with Gasteiger partial charge in [0.2, 0.25) is 5.95 Å². The molecule has 26 heavy (non-hydrogen) atoms. The maximum Gasteiger partial charge on any atom is 0.225 e. The maximum absolute atomic E-state index is 9.29. The average Bonchev–Trinajstić information content (AvgIpc) is 2.68. The highest BCUT2D eigenvalue weighted by Crippen LogP contribution is 2.22. The number of pyridine rings is 1. The van der Waals surface area contributed by atoms with Crippen molar-refractivity contribution >= 4 is 27.7 Å². The molecule has 134 valence electrons. The highest BCUT2D eigenvalue weighted by atomic mass is 79.9. The van der Waals surface area contributed by atoms with Crippen molar-refractivity contribution in [2.45, 2.75) is 19.5 Å². The van der Waals surface area contributed by atoms with E-state index in [4.69, 9.17) is 0 Å². The van der Waals surface area contributed by atoms with Crippen molar-refractivity contribution in [3.8, 4) is 11.3 Å². The molecule has 0 fully saturated rings. The van der Waals surface area contributed by atoms with E-state index in [2.05, 4.69) is 41.5 Å². The van der Waals surface area contributed by atoms with Crippen LogP contribution in [0.1, 0.15) is 12.5 Å². The van der Waals surface area contributed by atoms with Gasteiger partial charge in [0.05, 0.1) is 12.3 Å². The van der Waals surface area contributed by atoms with Crippen LogP contribution in [0.25, 0.3) is 11.3 Å². The Hall–Kier alpha value is -2.51. The van der Waals surface area contributed by atoms with Gasteiger partial charge in [0.25, 0.3) is 0 Å². The van der Waals surface area contributed by atoms with Crippen molar-refractivity contribution in [2.24, 2.45) is 0 Å². The molecule has 0 radical (unpaired) electrons. The van der Waals surface area contributed by atoms with E-state index in [9.17, 15) is 5.11 Å². The molecule has 0 unspecified atom stereocenters. The summed E-state index contributed by atoms with van der Waals surface area (Å²) < 4.78 is 1.04. The first-order valence-corrected chi connectivity index (χ1v) is 9.09. The lowest BCUT2D eigenvalue weighted by Crippen LogP contribution is -2.21. The number of halogens is 1. The summed E-state index contributed by atoms with van der Waals surface area (Å²) in [6.45, 7) is 2.49. The number of hydrogen-bond acceptors (Lipinski definition) is 6. The minimum Gasteiger partial charge on any atom is -0.394 e. The van der Waals surface area contributed by atoms with E-state index >= 15 is 0 Å². The highest BCUT2D eigenvalue weighted by Gasteiger charge is 2.09. The summed E-state index contributed by atoms with van der Waals surface area (Å²) in [6.07, 6.45) is 3.49. The monoisotopic (exact) mass is 413 g/mol. The Kier molecular flexibility index (Phi) is 6.14. The number of aromatic nitrogens is 3. The molecule has 0 saturated carbocycles. The smallest absolute Gasteiger partial charge is 0.225 e. The molecule has 0 saturated heterocycles. The molecule has 3 N–H and O–H groups in total. The third-order valence-electron chi connectivity index (χ3n) is 3.75. The Morgan fingerprint density at radius 3 is 2.73 bits per heavy atom. The second-order valence-corrected chi connectivity index (χ2v) is 6.73. The van der Waals surface area contributed by atoms with E-state index in [1.54, 1.807) is 12.4 Å². The fourth-order valence-corrected chi connectivity index (χ4v) is 2.78. The van der Waals surface area contributed by atoms with Crippen LogP contribution in [-0.4, -0.2) is 32.7 Å². The second kappa shape index (κ2) is 8.73. The van der Waals surface area contributed by atoms with Gasteiger partial charge in [-0.25, -0.2) is 4.98 Å². The highest BCUT2D eigenvalue weighted by molar-refractivity contribution is 9.10. The van der Waals surface area contributed by atoms with Gasteiger partial charge < -0.3 is 15.7 Å². The minimum atomic E-state index is -0.143. The number of anilines is 2. The first kappa shape index (κ1) is 18.3. The molecule has 2 aromatic heterocycles. The standard InChI is InChI=1S/C19H20BrN5O/c1-13(12-26)23-19-24-17(15-6-4-8-21-10-15)9-18(25-19)22-11-14-5-2-3-7-16(14)20/h2-10,13,26H,11-12H2,1H3,(H2,22,23,24,25)/t13-/m1/s1. The topological polar surface area (TPSA) is 83.0 Å². The van der Waals surface area contributed by atoms with Crippen LogP contribution in [0, 0.1) is 0 Å². The summed E-state index contributed by atoms with van der Waals surface area (Å²) in [7, 11) is 0. The van der Waals surface area contributed by atoms with Gasteiger partial charge in [-0.1, -0.05) is 34.1 Å². The van der Waals surface area contributed by atoms with Crippen molar-refractivity contribution in [3.63, 3.8) is 0 Å². The second-order valence-electron chi connectivity index (χ2n) is 5.88. The van der Waals surface area contributed by atoms with Gasteiger partial charge in [-0.2, -0.15) is 4.98 Å². The van der Waals surface area contributed by atoms with Gasteiger partial charge in [0, 0.05) is 41.1 Å². The van der Waals surface area contributed by atoms with E-state index in [1.165, 1.54) is 0 Å². The summed E-state index contributed by atoms with van der Waals surface area (Å²) in [4.78, 5) is 13.2. The van der Waals surface area contributed by atoms with E-state index in [-0.39, 0.29) is 12.6 Å². The summed E-state index contributed by atoms with van der Waals surface area (Å²) in [5.74, 6) is 1.16. The zero-order valence-corrected chi connectivity index (χ0v) is 15.9. The molecule has 0 aliphatic heterocycles. The third kappa shape index (κ3) is 4.77. The first-order chi connectivity index (χ1) is 12.7. The van der Waals surface area contributed by atoms with Crippen molar-refractivity contribution in [1.29, 1.82) is 0 Å². The predicted octanol–water partition coefficient (Wildman–Crippen LogP) is 3.71. The van der Waals surface area contributed by atoms with Crippen molar-refractivity contribution in [3.05, 3.63) is 64.9 Å². The molecule has 6 nitrogen and oxygen atoms in total. The van der Waals surface area contributed by atoms with Crippen LogP contribution in [0.3, 0.4) is 0 Å². The molecule has 0 amide bonds. The zero-order valence-electron chi connectivity index (χ0n) is 14.4. The Morgan fingerprint density at radius 1 is 1.15 bits per heavy atom. The zero-order chi connectivity index (χ0) is 18.4. The number of nitrogens with zero attached hydrogens (tertiary/aromatic N) is 3. The van der Waals surface area contributed by atoms with Crippen LogP contribution >= 0.6 is 15.9 Å². The maximum atomic E-state index is 9.29. The molecule has 3 aromatic rings. The molecule has 1 atom stereocenters. The normalized spacial score (nSPS) is 11.8. The predicted molar refractivity (Wildman–Crippen MR) is 107 cm³/mol. The third-order valence-corrected chi connectivity index (χ3v) is 4.52. The number of benzene rings is 1. The Morgan fingerprint density at radius 2 is 2.00 bits per heavy atom. The van der Waals surface area contributed by atoms with Gasteiger partial charge in [0.1, 0.15) is 5.82 Å². The van der Waals surface area contributed by atoms with Crippen LogP contribution in [0.2, 0.25) is 0 Å². The molecule has 0 aliphatic rings. The SMILES string of the molecule is C[C@H](CO)Nc1nc(NCc2ccccc2Br)cc(-c2cccnc2)n1. The molecular weight excluding hydrogens is 394 g/mol. The average molecular weight is 414 g/mol. The van der Waals surface area contributed by atoms with Gasteiger partial charge in [-0.3, -0.25) is 4.98 Å². The quantitative estimate of drug-likeness (QED) is 0.547. The van der Waals surface area contributed by atoms with Gasteiger partial charge >= 0.3 is 0 Å². The van der Waals surface area contributed by atoms with Gasteiger partial charge in [0.15, 0.2) is 0 Å². The molecule has 3 rings (SSSR count). The van der Waals surface area contributed by atoms with E-state index in [1.807, 2.05) is 49.4 Å². The fourth-order valence-electron chi connectivity index (χ4n) is 2.36. The number of hydrogen-bond donors (Lipinski definition) is 3. The minimum absolute atomic E-state index is 0.000203. The van der Waals surface area contributed by atoms with Crippen molar-refractivity contribution < 1.29 is 5.11 Å². The molecule has 2 heterocycles. The van der Waals surface area contributed by atoms with E-state index < -0.39 is 0 Å². The Labute approximate surface area is 160 Å². The lowest BCUT2D eigenvalue weighted by Gasteiger charge is -2.14. The molecule has 7 heteroatoms. The lowest BCUT2D eigenvalue weighted by molar-refractivity contribution is 0.281. The molecule has 0 spiro atoms. The summed E-state index contributed by atoms with van der Waals surface area (Å²) in [6, 6.07) is 13.6. The molecule has 1 aromatic carbocycles. The van der Waals surface area contributed by atoms with E-state index in [0.29, 0.717) is 18.3 Å². The van der Waals surface area contributed by atoms with Gasteiger partial charge in [-0.05, 0) is 30.7 Å². The number of aliphatic hydroxyl groups is 1. The molecule has 0 aliphatic carbocycles. The number of nitrogens with one attached hydrogen (secondary N) is 2. The largest absolute Gasteiger partial charge is 0.394 e. The Bertz CT molecular complexity index is 860. The summed E-state index contributed by atoms with van der Waals surface area (Å²) in [5.41, 5.74) is 2.79. The fraction of sp³-hybridized carbons (Fsp3) is 0.211. The number of rotatable bonds is 7.